The zero-order valence-electron chi connectivity index (χ0n) is 3.76. The molecule has 1 fully saturated rings. The van der Waals surface area contributed by atoms with Crippen LogP contribution in [0.3, 0.4) is 0 Å². The second-order valence-corrected chi connectivity index (χ2v) is 1.54. The highest BCUT2D eigenvalue weighted by atomic mass is 16.6. The van der Waals surface area contributed by atoms with Crippen molar-refractivity contribution in [3.8, 4) is 0 Å². The molecule has 0 spiro atoms. The average Bonchev–Trinajstić information content (AvgIpc) is 1.87. The maximum atomic E-state index is 10.1. The maximum absolute atomic E-state index is 10.1. The summed E-state index contributed by atoms with van der Waals surface area (Å²) in [5.41, 5.74) is 0. The zero-order valence-corrected chi connectivity index (χ0v) is 3.76. The Morgan fingerprint density at radius 3 is 2.71 bits per heavy atom. The number of hydrogen-bond acceptors (Lipinski definition) is 3. The molecular weight excluding hydrogens is 96.0 g/mol. The predicted octanol–water partition coefficient (Wildman–Crippen LogP) is -0.706. The van der Waals surface area contributed by atoms with E-state index in [2.05, 4.69) is 4.74 Å². The summed E-state index contributed by atoms with van der Waals surface area (Å²) in [6, 6.07) is 0. The first-order chi connectivity index (χ1) is 3.29. The SMILES string of the molecule is O=C1C[C@@H](O)CO1. The van der Waals surface area contributed by atoms with E-state index in [0.29, 0.717) is 0 Å². The summed E-state index contributed by atoms with van der Waals surface area (Å²) in [5, 5.41) is 8.55. The van der Waals surface area contributed by atoms with Gasteiger partial charge in [0.1, 0.15) is 6.61 Å². The Morgan fingerprint density at radius 2 is 2.57 bits per heavy atom. The van der Waals surface area contributed by atoms with Crippen LogP contribution in [0.2, 0.25) is 0 Å². The Bertz CT molecular complexity index is 88.9. The number of carbonyl (C=O) groups excluding carboxylic acids is 1. The van der Waals surface area contributed by atoms with E-state index >= 15 is 0 Å². The topological polar surface area (TPSA) is 46.5 Å². The van der Waals surface area contributed by atoms with Gasteiger partial charge in [0.25, 0.3) is 0 Å². The van der Waals surface area contributed by atoms with Crippen LogP contribution in [-0.2, 0) is 9.53 Å². The van der Waals surface area contributed by atoms with Crippen molar-refractivity contribution in [3.05, 3.63) is 0 Å². The fourth-order valence-electron chi connectivity index (χ4n) is 0.499. The number of carbonyl (C=O) groups is 1. The Balaban J connectivity index is 2.40. The van der Waals surface area contributed by atoms with Gasteiger partial charge in [-0.3, -0.25) is 4.79 Å². The lowest BCUT2D eigenvalue weighted by Crippen LogP contribution is -2.02. The van der Waals surface area contributed by atoms with Crippen molar-refractivity contribution in [3.63, 3.8) is 0 Å². The molecule has 1 aliphatic heterocycles. The smallest absolute Gasteiger partial charge is 0.308 e. The number of aliphatic hydroxyl groups is 1. The van der Waals surface area contributed by atoms with E-state index in [1.165, 1.54) is 0 Å². The van der Waals surface area contributed by atoms with Crippen molar-refractivity contribution in [2.24, 2.45) is 0 Å². The van der Waals surface area contributed by atoms with Crippen LogP contribution in [0.25, 0.3) is 0 Å². The number of esters is 1. The standard InChI is InChI=1S/C4H6O3/c5-3-1-4(6)7-2-3/h3,5H,1-2H2/t3-/m1/s1. The second kappa shape index (κ2) is 1.50. The van der Waals surface area contributed by atoms with Gasteiger partial charge in [-0.25, -0.2) is 0 Å². The van der Waals surface area contributed by atoms with Crippen LogP contribution >= 0.6 is 0 Å². The third kappa shape index (κ3) is 0.899. The van der Waals surface area contributed by atoms with Crippen molar-refractivity contribution in [2.45, 2.75) is 12.5 Å². The second-order valence-electron chi connectivity index (χ2n) is 1.54. The maximum Gasteiger partial charge on any atom is 0.308 e. The molecule has 0 aromatic rings. The lowest BCUT2D eigenvalue weighted by Gasteiger charge is -1.87. The molecule has 0 amide bonds. The lowest BCUT2D eigenvalue weighted by atomic mass is 10.3. The van der Waals surface area contributed by atoms with Gasteiger partial charge >= 0.3 is 5.97 Å². The molecule has 1 N–H and O–H groups in total. The van der Waals surface area contributed by atoms with Gasteiger partial charge in [0.2, 0.25) is 0 Å². The molecule has 0 unspecified atom stereocenters. The van der Waals surface area contributed by atoms with Crippen LogP contribution in [0.5, 0.6) is 0 Å². The highest BCUT2D eigenvalue weighted by Gasteiger charge is 2.20. The molecule has 40 valence electrons. The minimum absolute atomic E-state index is 0.167. The molecule has 0 radical (unpaired) electrons. The molecule has 3 heteroatoms. The molecule has 1 atom stereocenters. The Kier molecular flexibility index (Phi) is 0.982. The molecule has 0 aliphatic carbocycles. The molecule has 1 heterocycles. The van der Waals surface area contributed by atoms with Crippen molar-refractivity contribution in [1.82, 2.24) is 0 Å². The molecule has 0 saturated carbocycles. The fourth-order valence-corrected chi connectivity index (χ4v) is 0.499. The minimum atomic E-state index is -0.549. The molecule has 7 heavy (non-hydrogen) atoms. The molecule has 3 nitrogen and oxygen atoms in total. The van der Waals surface area contributed by atoms with Gasteiger partial charge < -0.3 is 9.84 Å². The summed E-state index contributed by atoms with van der Waals surface area (Å²) in [7, 11) is 0. The Labute approximate surface area is 40.9 Å². The van der Waals surface area contributed by atoms with E-state index in [9.17, 15) is 4.79 Å². The summed E-state index contributed by atoms with van der Waals surface area (Å²) >= 11 is 0. The summed E-state index contributed by atoms with van der Waals surface area (Å²) in [4.78, 5) is 10.1. The molecule has 1 rings (SSSR count). The van der Waals surface area contributed by atoms with E-state index < -0.39 is 6.10 Å². The monoisotopic (exact) mass is 102 g/mol. The minimum Gasteiger partial charge on any atom is -0.463 e. The molecule has 0 bridgehead atoms. The third-order valence-corrected chi connectivity index (χ3v) is 0.839. The molecule has 0 aromatic carbocycles. The molecule has 1 aliphatic rings. The lowest BCUT2D eigenvalue weighted by molar-refractivity contribution is -0.137. The summed E-state index contributed by atoms with van der Waals surface area (Å²) in [6.07, 6.45) is -0.382. The van der Waals surface area contributed by atoms with Crippen LogP contribution in [0.4, 0.5) is 0 Å². The van der Waals surface area contributed by atoms with Gasteiger partial charge in [-0.1, -0.05) is 0 Å². The van der Waals surface area contributed by atoms with Crippen LogP contribution in [0.15, 0.2) is 0 Å². The van der Waals surface area contributed by atoms with Crippen LogP contribution < -0.4 is 0 Å². The van der Waals surface area contributed by atoms with Gasteiger partial charge in [0.15, 0.2) is 0 Å². The predicted molar refractivity (Wildman–Crippen MR) is 21.6 cm³/mol. The fraction of sp³-hybridized carbons (Fsp3) is 0.750. The summed E-state index contributed by atoms with van der Waals surface area (Å²) in [6.45, 7) is 0.179. The van der Waals surface area contributed by atoms with Gasteiger partial charge in [0, 0.05) is 0 Å². The number of ether oxygens (including phenoxy) is 1. The Morgan fingerprint density at radius 1 is 1.86 bits per heavy atom. The van der Waals surface area contributed by atoms with Crippen LogP contribution in [0.1, 0.15) is 6.42 Å². The van der Waals surface area contributed by atoms with E-state index in [-0.39, 0.29) is 19.0 Å². The van der Waals surface area contributed by atoms with Gasteiger partial charge in [-0.2, -0.15) is 0 Å². The normalized spacial score (nSPS) is 30.4. The van der Waals surface area contributed by atoms with E-state index in [4.69, 9.17) is 5.11 Å². The van der Waals surface area contributed by atoms with Crippen LogP contribution in [-0.4, -0.2) is 23.8 Å². The summed E-state index contributed by atoms with van der Waals surface area (Å²) in [5.74, 6) is -0.299. The zero-order chi connectivity index (χ0) is 5.28. The van der Waals surface area contributed by atoms with Gasteiger partial charge in [-0.05, 0) is 0 Å². The first-order valence-electron chi connectivity index (χ1n) is 2.13. The van der Waals surface area contributed by atoms with Crippen molar-refractivity contribution < 1.29 is 14.6 Å². The average molecular weight is 102 g/mol. The Hall–Kier alpha value is -0.570. The van der Waals surface area contributed by atoms with E-state index in [1.54, 1.807) is 0 Å². The molecule has 1 saturated heterocycles. The molecule has 0 aromatic heterocycles. The first kappa shape index (κ1) is 4.59. The van der Waals surface area contributed by atoms with E-state index in [1.807, 2.05) is 0 Å². The first-order valence-corrected chi connectivity index (χ1v) is 2.13. The van der Waals surface area contributed by atoms with Crippen LogP contribution in [0, 0.1) is 0 Å². The largest absolute Gasteiger partial charge is 0.463 e. The van der Waals surface area contributed by atoms with Crippen molar-refractivity contribution >= 4 is 5.97 Å². The van der Waals surface area contributed by atoms with Gasteiger partial charge in [-0.15, -0.1) is 0 Å². The van der Waals surface area contributed by atoms with Gasteiger partial charge in [0.05, 0.1) is 12.5 Å². The summed E-state index contributed by atoms with van der Waals surface area (Å²) < 4.78 is 4.38. The van der Waals surface area contributed by atoms with Crippen molar-refractivity contribution in [2.75, 3.05) is 6.61 Å². The third-order valence-electron chi connectivity index (χ3n) is 0.839. The highest BCUT2D eigenvalue weighted by molar-refractivity contribution is 5.71. The van der Waals surface area contributed by atoms with Crippen molar-refractivity contribution in [1.29, 1.82) is 0 Å². The number of cyclic esters (lactones) is 1. The number of hydrogen-bond donors (Lipinski definition) is 1. The highest BCUT2D eigenvalue weighted by Crippen LogP contribution is 2.03. The quantitative estimate of drug-likeness (QED) is 0.411. The molecular formula is C4H6O3. The number of aliphatic hydroxyl groups excluding tert-OH is 1. The number of rotatable bonds is 0. The van der Waals surface area contributed by atoms with E-state index in [0.717, 1.165) is 0 Å².